The molecule has 0 unspecified atom stereocenters. The maximum absolute atomic E-state index is 4.81. The van der Waals surface area contributed by atoms with Crippen molar-refractivity contribution in [1.82, 2.24) is 0 Å². The average Bonchev–Trinajstić information content (AvgIpc) is 1.72. The van der Waals surface area contributed by atoms with E-state index in [1.54, 1.807) is 7.11 Å². The van der Waals surface area contributed by atoms with E-state index in [1.165, 1.54) is 0 Å². The molecule has 2 nitrogen and oxygen atoms in total. The van der Waals surface area contributed by atoms with Gasteiger partial charge in [-0.1, -0.05) is 22.6 Å². The summed E-state index contributed by atoms with van der Waals surface area (Å²) in [4.78, 5) is 1.97. The number of hydrogen-bond donors (Lipinski definition) is 1. The van der Waals surface area contributed by atoms with E-state index < -0.39 is 0 Å². The second kappa shape index (κ2) is 17.4. The molecule has 3 heteroatoms. The van der Waals surface area contributed by atoms with Crippen molar-refractivity contribution in [3.8, 4) is 0 Å². The molecule has 0 aromatic heterocycles. The number of alkyl halides is 1. The van der Waals surface area contributed by atoms with Gasteiger partial charge in [-0.25, -0.2) is 0 Å². The Balaban J connectivity index is 0. The Morgan fingerprint density at radius 1 is 1.67 bits per heavy atom. The molecule has 0 heterocycles. The predicted molar refractivity (Wildman–Crippen MR) is 36.0 cm³/mol. The van der Waals surface area contributed by atoms with E-state index in [2.05, 4.69) is 27.3 Å². The molecule has 0 saturated carbocycles. The van der Waals surface area contributed by atoms with E-state index in [-0.39, 0.29) is 0 Å². The van der Waals surface area contributed by atoms with E-state index in [9.17, 15) is 0 Å². The minimum Gasteiger partial charge on any atom is -0.370 e. The summed E-state index contributed by atoms with van der Waals surface area (Å²) >= 11 is 2.15. The van der Waals surface area contributed by atoms with Crippen molar-refractivity contribution < 1.29 is 4.74 Å². The van der Waals surface area contributed by atoms with Crippen molar-refractivity contribution in [1.29, 1.82) is 0 Å². The van der Waals surface area contributed by atoms with Crippen molar-refractivity contribution in [2.24, 2.45) is 5.73 Å². The van der Waals surface area contributed by atoms with Crippen molar-refractivity contribution in [2.45, 2.75) is 0 Å². The predicted octanol–water partition coefficient (Wildman–Crippen LogP) is 0.600. The fourth-order valence-electron chi connectivity index (χ4n) is 0. The van der Waals surface area contributed by atoms with Gasteiger partial charge in [0, 0.05) is 7.11 Å². The SMILES string of the molecule is CI.COCN. The molecule has 0 aliphatic carbocycles. The van der Waals surface area contributed by atoms with E-state index in [1.807, 2.05) is 4.93 Å². The molecule has 0 aromatic carbocycles. The molecule has 0 aliphatic rings. The normalized spacial score (nSPS) is 6.00. The molecule has 0 atom stereocenters. The van der Waals surface area contributed by atoms with Crippen LogP contribution in [0.5, 0.6) is 0 Å². The largest absolute Gasteiger partial charge is 0.370 e. The third-order valence-electron chi connectivity index (χ3n) is 0.167. The van der Waals surface area contributed by atoms with Gasteiger partial charge in [0.1, 0.15) is 0 Å². The van der Waals surface area contributed by atoms with Crippen LogP contribution in [0.2, 0.25) is 0 Å². The van der Waals surface area contributed by atoms with Crippen LogP contribution in [-0.4, -0.2) is 18.8 Å². The highest BCUT2D eigenvalue weighted by molar-refractivity contribution is 14.1. The Morgan fingerprint density at radius 3 is 1.83 bits per heavy atom. The molecule has 0 bridgehead atoms. The first-order chi connectivity index (χ1) is 2.91. The first-order valence-electron chi connectivity index (χ1n) is 1.48. The van der Waals surface area contributed by atoms with Crippen LogP contribution < -0.4 is 5.73 Å². The first-order valence-corrected chi connectivity index (χ1v) is 3.64. The second-order valence-corrected chi connectivity index (χ2v) is 0.455. The van der Waals surface area contributed by atoms with Crippen molar-refractivity contribution in [3.05, 3.63) is 0 Å². The summed E-state index contributed by atoms with van der Waals surface area (Å²) in [6, 6.07) is 0. The minimum absolute atomic E-state index is 0.319. The molecule has 0 saturated heterocycles. The molecule has 0 aromatic rings. The van der Waals surface area contributed by atoms with Crippen LogP contribution in [0, 0.1) is 0 Å². The number of rotatable bonds is 1. The summed E-state index contributed by atoms with van der Waals surface area (Å²) in [7, 11) is 1.56. The van der Waals surface area contributed by atoms with E-state index in [4.69, 9.17) is 5.73 Å². The standard InChI is InChI=1S/C2H7NO.CH3I/c1-4-2-3;1-2/h2-3H2,1H3;1H3. The van der Waals surface area contributed by atoms with Crippen molar-refractivity contribution in [3.63, 3.8) is 0 Å². The van der Waals surface area contributed by atoms with Gasteiger partial charge in [0.2, 0.25) is 0 Å². The van der Waals surface area contributed by atoms with Crippen LogP contribution in [0.3, 0.4) is 0 Å². The lowest BCUT2D eigenvalue weighted by molar-refractivity contribution is 0.207. The van der Waals surface area contributed by atoms with Crippen LogP contribution in [0.25, 0.3) is 0 Å². The minimum atomic E-state index is 0.319. The highest BCUT2D eigenvalue weighted by Crippen LogP contribution is 1.48. The van der Waals surface area contributed by atoms with Crippen molar-refractivity contribution in [2.75, 3.05) is 18.8 Å². The van der Waals surface area contributed by atoms with Gasteiger partial charge in [-0.2, -0.15) is 0 Å². The van der Waals surface area contributed by atoms with Crippen LogP contribution >= 0.6 is 22.6 Å². The first kappa shape index (κ1) is 9.82. The average molecular weight is 203 g/mol. The Morgan fingerprint density at radius 2 is 1.83 bits per heavy atom. The highest BCUT2D eigenvalue weighted by atomic mass is 127. The van der Waals surface area contributed by atoms with Crippen molar-refractivity contribution >= 4 is 22.6 Å². The number of methoxy groups -OCH3 is 1. The molecule has 0 radical (unpaired) electrons. The van der Waals surface area contributed by atoms with Crippen LogP contribution in [0.4, 0.5) is 0 Å². The van der Waals surface area contributed by atoms with Gasteiger partial charge in [-0.3, -0.25) is 0 Å². The Labute approximate surface area is 52.2 Å². The summed E-state index contributed by atoms with van der Waals surface area (Å²) in [5.41, 5.74) is 4.81. The maximum Gasteiger partial charge on any atom is 0.0936 e. The van der Waals surface area contributed by atoms with Gasteiger partial charge >= 0.3 is 0 Å². The van der Waals surface area contributed by atoms with Gasteiger partial charge in [0.05, 0.1) is 6.73 Å². The molecule has 0 rings (SSSR count). The fraction of sp³-hybridized carbons (Fsp3) is 1.00. The summed E-state index contributed by atoms with van der Waals surface area (Å²) < 4.78 is 4.32. The molecule has 0 fully saturated rings. The van der Waals surface area contributed by atoms with Gasteiger partial charge in [-0.05, 0) is 4.93 Å². The monoisotopic (exact) mass is 203 g/mol. The maximum atomic E-state index is 4.81. The second-order valence-electron chi connectivity index (χ2n) is 0.455. The summed E-state index contributed by atoms with van der Waals surface area (Å²) in [5.74, 6) is 0. The number of nitrogens with two attached hydrogens (primary N) is 1. The molecule has 0 amide bonds. The van der Waals surface area contributed by atoms with E-state index in [0.717, 1.165) is 0 Å². The zero-order valence-electron chi connectivity index (χ0n) is 4.07. The smallest absolute Gasteiger partial charge is 0.0936 e. The van der Waals surface area contributed by atoms with Gasteiger partial charge in [0.25, 0.3) is 0 Å². The molecular weight excluding hydrogens is 193 g/mol. The molecular formula is C3H10INO. The van der Waals surface area contributed by atoms with Crippen LogP contribution in [0.1, 0.15) is 0 Å². The summed E-state index contributed by atoms with van der Waals surface area (Å²) in [6.45, 7) is 0.319. The van der Waals surface area contributed by atoms with Gasteiger partial charge < -0.3 is 10.5 Å². The quantitative estimate of drug-likeness (QED) is 0.384. The topological polar surface area (TPSA) is 35.2 Å². The fourth-order valence-corrected chi connectivity index (χ4v) is 0. The van der Waals surface area contributed by atoms with E-state index in [0.29, 0.717) is 6.73 Å². The third-order valence-corrected chi connectivity index (χ3v) is 0.167. The number of halogens is 1. The van der Waals surface area contributed by atoms with Gasteiger partial charge in [-0.15, -0.1) is 0 Å². The van der Waals surface area contributed by atoms with E-state index >= 15 is 0 Å². The zero-order chi connectivity index (χ0) is 5.41. The molecule has 40 valence electrons. The highest BCUT2D eigenvalue weighted by Gasteiger charge is 1.50. The third kappa shape index (κ3) is 22.8. The lowest BCUT2D eigenvalue weighted by atomic mass is 11.3. The lowest BCUT2D eigenvalue weighted by Crippen LogP contribution is -1.98. The zero-order valence-corrected chi connectivity index (χ0v) is 6.23. The Kier molecular flexibility index (Phi) is 28.5. The van der Waals surface area contributed by atoms with Crippen LogP contribution in [-0.2, 0) is 4.74 Å². The molecule has 0 spiro atoms. The van der Waals surface area contributed by atoms with Crippen LogP contribution in [0.15, 0.2) is 0 Å². The summed E-state index contributed by atoms with van der Waals surface area (Å²) in [6.07, 6.45) is 0. The lowest BCUT2D eigenvalue weighted by Gasteiger charge is -1.77. The Bertz CT molecular complexity index is 12.8. The molecule has 2 N–H and O–H groups in total. The number of hydrogen-bond acceptors (Lipinski definition) is 2. The number of ether oxygens (including phenoxy) is 1. The summed E-state index contributed by atoms with van der Waals surface area (Å²) in [5, 5.41) is 0. The molecule has 6 heavy (non-hydrogen) atoms. The molecule has 0 aliphatic heterocycles. The van der Waals surface area contributed by atoms with Gasteiger partial charge in [0.15, 0.2) is 0 Å². The Hall–Kier alpha value is 0.650.